The molecular weight excluding hydrogens is 289 g/mol. The Balaban J connectivity index is 0. The molecule has 0 aliphatic heterocycles. The van der Waals surface area contributed by atoms with Gasteiger partial charge in [0, 0.05) is 6.42 Å². The Labute approximate surface area is 116 Å². The summed E-state index contributed by atoms with van der Waals surface area (Å²) < 4.78 is 102. The third-order valence-corrected chi connectivity index (χ3v) is 2.54. The second kappa shape index (κ2) is 6.60. The summed E-state index contributed by atoms with van der Waals surface area (Å²) in [5.74, 6) is 0. The fourth-order valence-electron chi connectivity index (χ4n) is 0.806. The van der Waals surface area contributed by atoms with Crippen LogP contribution in [-0.2, 0) is 10.1 Å². The van der Waals surface area contributed by atoms with Gasteiger partial charge >= 0.3 is 41.0 Å². The topological polar surface area (TPSA) is 57.2 Å². The van der Waals surface area contributed by atoms with Crippen LogP contribution in [0.3, 0.4) is 0 Å². The molecule has 0 aromatic heterocycles. The van der Waals surface area contributed by atoms with Crippen molar-refractivity contribution in [1.82, 2.24) is 0 Å². The molecule has 17 heavy (non-hydrogen) atoms. The van der Waals surface area contributed by atoms with Crippen LogP contribution in [0.4, 0.5) is 26.3 Å². The Bertz CT molecular complexity index is 327. The van der Waals surface area contributed by atoms with Crippen molar-refractivity contribution in [3.05, 3.63) is 0 Å². The van der Waals surface area contributed by atoms with E-state index in [4.69, 9.17) is 0 Å². The van der Waals surface area contributed by atoms with Gasteiger partial charge in [-0.1, -0.05) is 0 Å². The van der Waals surface area contributed by atoms with E-state index in [9.17, 15) is 39.3 Å². The van der Waals surface area contributed by atoms with E-state index in [-0.39, 0.29) is 29.6 Å². The Morgan fingerprint density at radius 3 is 1.82 bits per heavy atom. The fraction of sp³-hybridized carbons (Fsp3) is 1.00. The molecule has 0 heterocycles. The quantitative estimate of drug-likeness (QED) is 0.379. The molecule has 0 aliphatic carbocycles. The minimum absolute atomic E-state index is 0. The normalized spacial score (nSPS) is 15.2. The van der Waals surface area contributed by atoms with Gasteiger partial charge < -0.3 is 4.55 Å². The molecule has 0 N–H and O–H groups in total. The van der Waals surface area contributed by atoms with E-state index in [2.05, 4.69) is 0 Å². The molecule has 0 saturated heterocycles. The van der Waals surface area contributed by atoms with Gasteiger partial charge in [-0.15, -0.1) is 0 Å². The SMILES string of the molecule is O=S(=O)([O-])C(F)(F)C(F)CCCC(F)(F)F.[Na+]. The second-order valence-electron chi connectivity index (χ2n) is 2.99. The molecule has 0 aliphatic rings. The predicted molar refractivity (Wildman–Crippen MR) is 39.4 cm³/mol. The summed E-state index contributed by atoms with van der Waals surface area (Å²) in [5.41, 5.74) is 0. The van der Waals surface area contributed by atoms with Crippen LogP contribution in [0.5, 0.6) is 0 Å². The van der Waals surface area contributed by atoms with Crippen molar-refractivity contribution >= 4 is 10.1 Å². The van der Waals surface area contributed by atoms with E-state index in [1.165, 1.54) is 0 Å². The Hall–Kier alpha value is 0.490. The molecule has 11 heteroatoms. The van der Waals surface area contributed by atoms with Crippen molar-refractivity contribution in [1.29, 1.82) is 0 Å². The largest absolute Gasteiger partial charge is 1.00 e. The van der Waals surface area contributed by atoms with E-state index in [1.54, 1.807) is 0 Å². The Morgan fingerprint density at radius 1 is 1.12 bits per heavy atom. The number of hydrogen-bond donors (Lipinski definition) is 0. The van der Waals surface area contributed by atoms with E-state index < -0.39 is 47.0 Å². The predicted octanol–water partition coefficient (Wildman–Crippen LogP) is -0.801. The molecule has 0 saturated carbocycles. The van der Waals surface area contributed by atoms with Gasteiger partial charge in [0.1, 0.15) is 0 Å². The number of rotatable bonds is 5. The summed E-state index contributed by atoms with van der Waals surface area (Å²) >= 11 is 0. The summed E-state index contributed by atoms with van der Waals surface area (Å²) in [6, 6.07) is 0. The molecule has 0 radical (unpaired) electrons. The molecule has 0 rings (SSSR count). The Morgan fingerprint density at radius 2 is 1.53 bits per heavy atom. The maximum Gasteiger partial charge on any atom is 1.00 e. The number of hydrogen-bond acceptors (Lipinski definition) is 3. The standard InChI is InChI=1S/C6H8F6O3S.Na/c7-4(2-1-3-5(8,9)10)6(11,12)16(13,14)15;/h4H,1-3H2,(H,13,14,15);/q;+1/p-1. The van der Waals surface area contributed by atoms with Crippen LogP contribution in [0.1, 0.15) is 19.3 Å². The first-order valence-corrected chi connectivity index (χ1v) is 5.33. The van der Waals surface area contributed by atoms with Gasteiger partial charge in [-0.3, -0.25) is 0 Å². The van der Waals surface area contributed by atoms with E-state index in [1.807, 2.05) is 0 Å². The van der Waals surface area contributed by atoms with Crippen LogP contribution >= 0.6 is 0 Å². The molecule has 0 fully saturated rings. The molecule has 1 atom stereocenters. The summed E-state index contributed by atoms with van der Waals surface area (Å²) in [6.45, 7) is 0. The van der Waals surface area contributed by atoms with Crippen molar-refractivity contribution in [2.75, 3.05) is 0 Å². The van der Waals surface area contributed by atoms with Crippen LogP contribution < -0.4 is 29.6 Å². The number of alkyl halides is 6. The molecular formula is C6H7F6NaO3S. The zero-order valence-corrected chi connectivity index (χ0v) is 11.4. The van der Waals surface area contributed by atoms with E-state index in [0.717, 1.165) is 0 Å². The van der Waals surface area contributed by atoms with Gasteiger partial charge in [-0.05, 0) is 12.8 Å². The van der Waals surface area contributed by atoms with Crippen LogP contribution in [0.15, 0.2) is 0 Å². The van der Waals surface area contributed by atoms with Crippen LogP contribution in [0.25, 0.3) is 0 Å². The van der Waals surface area contributed by atoms with Crippen molar-refractivity contribution < 1.29 is 68.9 Å². The van der Waals surface area contributed by atoms with Gasteiger partial charge in [0.25, 0.3) is 0 Å². The van der Waals surface area contributed by atoms with Crippen molar-refractivity contribution in [2.24, 2.45) is 0 Å². The third kappa shape index (κ3) is 6.85. The first-order valence-electron chi connectivity index (χ1n) is 3.92. The van der Waals surface area contributed by atoms with Gasteiger partial charge in [0.2, 0.25) is 0 Å². The van der Waals surface area contributed by atoms with Crippen molar-refractivity contribution in [3.63, 3.8) is 0 Å². The molecule has 0 bridgehead atoms. The molecule has 0 spiro atoms. The average molecular weight is 296 g/mol. The van der Waals surface area contributed by atoms with Crippen LogP contribution in [0, 0.1) is 0 Å². The molecule has 98 valence electrons. The van der Waals surface area contributed by atoms with Gasteiger partial charge in [-0.25, -0.2) is 12.8 Å². The zero-order valence-electron chi connectivity index (χ0n) is 8.60. The molecule has 1 unspecified atom stereocenters. The minimum Gasteiger partial charge on any atom is -0.743 e. The molecule has 0 aromatic rings. The van der Waals surface area contributed by atoms with E-state index >= 15 is 0 Å². The minimum atomic E-state index is -6.21. The second-order valence-corrected chi connectivity index (χ2v) is 4.44. The maximum absolute atomic E-state index is 12.6. The smallest absolute Gasteiger partial charge is 0.743 e. The summed E-state index contributed by atoms with van der Waals surface area (Å²) in [5, 5.41) is -5.20. The zero-order chi connectivity index (χ0) is 13.2. The summed E-state index contributed by atoms with van der Waals surface area (Å²) in [6.07, 6.45) is -12.0. The first-order chi connectivity index (χ1) is 6.88. The van der Waals surface area contributed by atoms with Crippen molar-refractivity contribution in [3.8, 4) is 0 Å². The van der Waals surface area contributed by atoms with Crippen molar-refractivity contribution in [2.45, 2.75) is 36.9 Å². The average Bonchev–Trinajstić information content (AvgIpc) is 1.99. The third-order valence-electron chi connectivity index (χ3n) is 1.62. The monoisotopic (exact) mass is 296 g/mol. The van der Waals surface area contributed by atoms with Gasteiger partial charge in [0.15, 0.2) is 16.3 Å². The first kappa shape index (κ1) is 19.8. The van der Waals surface area contributed by atoms with Gasteiger partial charge in [-0.2, -0.15) is 22.0 Å². The molecule has 0 amide bonds. The van der Waals surface area contributed by atoms with E-state index in [0.29, 0.717) is 0 Å². The Kier molecular flexibility index (Phi) is 7.69. The molecule has 3 nitrogen and oxygen atoms in total. The number of halogens is 6. The maximum atomic E-state index is 12.6. The molecule has 0 aromatic carbocycles. The summed E-state index contributed by atoms with van der Waals surface area (Å²) in [7, 11) is -6.21. The van der Waals surface area contributed by atoms with Gasteiger partial charge in [0.05, 0.1) is 0 Å². The fourth-order valence-corrected chi connectivity index (χ4v) is 1.24. The summed E-state index contributed by atoms with van der Waals surface area (Å²) in [4.78, 5) is 0. The van der Waals surface area contributed by atoms with Crippen LogP contribution in [-0.4, -0.2) is 30.6 Å². The van der Waals surface area contributed by atoms with Crippen LogP contribution in [0.2, 0.25) is 0 Å².